The van der Waals surface area contributed by atoms with E-state index in [1.807, 2.05) is 30.3 Å². The third-order valence-corrected chi connectivity index (χ3v) is 6.59. The quantitative estimate of drug-likeness (QED) is 0.369. The van der Waals surface area contributed by atoms with Crippen LogP contribution in [-0.4, -0.2) is 59.7 Å². The molecule has 1 fully saturated rings. The maximum Gasteiger partial charge on any atom is 0.429 e. The van der Waals surface area contributed by atoms with E-state index < -0.39 is 12.1 Å². The molecule has 9 heteroatoms. The Bertz CT molecular complexity index is 1280. The highest BCUT2D eigenvalue weighted by Gasteiger charge is 2.26. The van der Waals surface area contributed by atoms with Crippen molar-refractivity contribution in [1.82, 2.24) is 14.9 Å². The zero-order chi connectivity index (χ0) is 26.9. The van der Waals surface area contributed by atoms with Gasteiger partial charge in [0.1, 0.15) is 0 Å². The summed E-state index contributed by atoms with van der Waals surface area (Å²) in [6, 6.07) is 25.2. The van der Waals surface area contributed by atoms with Crippen LogP contribution in [0.25, 0.3) is 0 Å². The lowest BCUT2D eigenvalue weighted by Crippen LogP contribution is -2.47. The molecule has 4 N–H and O–H groups in total. The number of carbonyl (C=O) groups excluding carboxylic acids is 2. The average molecular weight is 532 g/mol. The first-order valence-corrected chi connectivity index (χ1v) is 12.7. The summed E-state index contributed by atoms with van der Waals surface area (Å²) in [5.74, 6) is 6.45. The molecule has 3 amide bonds. The van der Waals surface area contributed by atoms with Crippen LogP contribution in [0.4, 0.5) is 9.59 Å². The Labute approximate surface area is 227 Å². The Morgan fingerprint density at radius 2 is 1.53 bits per heavy atom. The van der Waals surface area contributed by atoms with E-state index in [0.717, 1.165) is 42.3 Å². The van der Waals surface area contributed by atoms with Crippen LogP contribution in [0.15, 0.2) is 78.9 Å². The third-order valence-electron chi connectivity index (χ3n) is 6.33. The number of nitrogens with two attached hydrogens (primary N) is 2. The van der Waals surface area contributed by atoms with Crippen LogP contribution in [0.3, 0.4) is 0 Å². The van der Waals surface area contributed by atoms with Crippen molar-refractivity contribution in [2.75, 3.05) is 32.7 Å². The molecule has 1 heterocycles. The number of hydrogen-bond donors (Lipinski definition) is 2. The zero-order valence-corrected chi connectivity index (χ0v) is 21.7. The van der Waals surface area contributed by atoms with Gasteiger partial charge in [-0.1, -0.05) is 78.0 Å². The van der Waals surface area contributed by atoms with E-state index >= 15 is 0 Å². The van der Waals surface area contributed by atoms with Gasteiger partial charge in [-0.2, -0.15) is 0 Å². The molecule has 3 aromatic rings. The van der Waals surface area contributed by atoms with Crippen LogP contribution in [0.1, 0.15) is 28.3 Å². The second kappa shape index (κ2) is 13.0. The first-order chi connectivity index (χ1) is 18.4. The normalized spacial score (nSPS) is 14.7. The number of halogens is 1. The van der Waals surface area contributed by atoms with Crippen LogP contribution in [0.2, 0.25) is 5.02 Å². The fraction of sp³-hybridized carbons (Fsp3) is 0.241. The predicted octanol–water partition coefficient (Wildman–Crippen LogP) is 3.99. The molecule has 0 saturated carbocycles. The van der Waals surface area contributed by atoms with Gasteiger partial charge < -0.3 is 16.3 Å². The molecule has 0 spiro atoms. The number of nitrogens with zero attached hydrogens (tertiary/aromatic N) is 3. The van der Waals surface area contributed by atoms with Gasteiger partial charge in [0, 0.05) is 36.8 Å². The van der Waals surface area contributed by atoms with Crippen molar-refractivity contribution >= 4 is 23.7 Å². The molecule has 3 aromatic carbocycles. The summed E-state index contributed by atoms with van der Waals surface area (Å²) >= 11 is 6.14. The lowest BCUT2D eigenvalue weighted by atomic mass is 9.96. The Morgan fingerprint density at radius 1 is 0.895 bits per heavy atom. The number of hydroxylamine groups is 2. The predicted molar refractivity (Wildman–Crippen MR) is 147 cm³/mol. The lowest BCUT2D eigenvalue weighted by Gasteiger charge is -2.39. The van der Waals surface area contributed by atoms with Crippen molar-refractivity contribution in [2.45, 2.75) is 12.6 Å². The van der Waals surface area contributed by atoms with Crippen molar-refractivity contribution in [3.8, 4) is 11.8 Å². The molecule has 0 radical (unpaired) electrons. The molecule has 1 atom stereocenters. The first-order valence-electron chi connectivity index (χ1n) is 12.3. The van der Waals surface area contributed by atoms with Gasteiger partial charge in [-0.15, -0.1) is 5.06 Å². The Hall–Kier alpha value is -4.03. The largest absolute Gasteiger partial charge is 0.429 e. The maximum absolute atomic E-state index is 11.4. The number of carbonyl (C=O) groups is 2. The highest BCUT2D eigenvalue weighted by molar-refractivity contribution is 6.30. The maximum atomic E-state index is 11.4. The lowest BCUT2D eigenvalue weighted by molar-refractivity contribution is -0.0575. The van der Waals surface area contributed by atoms with E-state index in [-0.39, 0.29) is 12.6 Å². The number of amides is 3. The molecule has 8 nitrogen and oxygen atoms in total. The number of hydrogen-bond acceptors (Lipinski definition) is 5. The minimum atomic E-state index is -1.10. The summed E-state index contributed by atoms with van der Waals surface area (Å²) in [6.07, 6.45) is -1.10. The molecule has 1 unspecified atom stereocenters. The molecule has 0 aromatic heterocycles. The molecule has 1 aliphatic rings. The van der Waals surface area contributed by atoms with Gasteiger partial charge in [-0.3, -0.25) is 9.80 Å². The van der Waals surface area contributed by atoms with Gasteiger partial charge >= 0.3 is 12.1 Å². The molecular formula is C29H30ClN5O3. The zero-order valence-electron chi connectivity index (χ0n) is 20.9. The summed E-state index contributed by atoms with van der Waals surface area (Å²) < 4.78 is 0. The minimum absolute atomic E-state index is 0.00371. The standard InChI is InChI=1S/C29H30ClN5O3/c30-26-14-12-25(13-15-26)27(24-6-2-1-3-7-24)34-19-17-33(18-20-34)16-4-5-22-8-10-23(11-9-22)21-35(28(31)36)38-29(32)37/h1-3,6-15,27H,16-21H2,(H2,31,36)(H2,32,37). The van der Waals surface area contributed by atoms with Gasteiger partial charge in [0.05, 0.1) is 19.1 Å². The SMILES string of the molecule is NC(=O)ON(Cc1ccc(C#CCN2CCN(C(c3ccccc3)c3ccc(Cl)cc3)CC2)cc1)C(N)=O. The fourth-order valence-electron chi connectivity index (χ4n) is 4.45. The number of benzene rings is 3. The number of primary amides is 2. The van der Waals surface area contributed by atoms with Crippen LogP contribution >= 0.6 is 11.6 Å². The van der Waals surface area contributed by atoms with Crippen LogP contribution < -0.4 is 11.5 Å². The van der Waals surface area contributed by atoms with E-state index in [0.29, 0.717) is 11.6 Å². The van der Waals surface area contributed by atoms with Crippen molar-refractivity contribution in [1.29, 1.82) is 0 Å². The Kier molecular flexibility index (Phi) is 9.22. The fourth-order valence-corrected chi connectivity index (χ4v) is 4.58. The molecular weight excluding hydrogens is 502 g/mol. The van der Waals surface area contributed by atoms with Crippen LogP contribution in [0, 0.1) is 11.8 Å². The van der Waals surface area contributed by atoms with Crippen LogP contribution in [-0.2, 0) is 11.4 Å². The smallest absolute Gasteiger partial charge is 0.349 e. The Morgan fingerprint density at radius 3 is 2.13 bits per heavy atom. The van der Waals surface area contributed by atoms with Crippen molar-refractivity contribution in [3.05, 3.63) is 106 Å². The molecule has 196 valence electrons. The number of piperazine rings is 1. The molecule has 38 heavy (non-hydrogen) atoms. The minimum Gasteiger partial charge on any atom is -0.349 e. The van der Waals surface area contributed by atoms with Crippen molar-refractivity contribution in [3.63, 3.8) is 0 Å². The van der Waals surface area contributed by atoms with Gasteiger partial charge in [0.2, 0.25) is 0 Å². The highest BCUT2D eigenvalue weighted by Crippen LogP contribution is 2.30. The monoisotopic (exact) mass is 531 g/mol. The van der Waals surface area contributed by atoms with E-state index in [1.54, 1.807) is 12.1 Å². The third kappa shape index (κ3) is 7.49. The first kappa shape index (κ1) is 27.0. The average Bonchev–Trinajstić information content (AvgIpc) is 2.92. The van der Waals surface area contributed by atoms with Crippen molar-refractivity contribution < 1.29 is 14.4 Å². The summed E-state index contributed by atoms with van der Waals surface area (Å²) in [7, 11) is 0. The van der Waals surface area contributed by atoms with Gasteiger partial charge in [0.15, 0.2) is 0 Å². The topological polar surface area (TPSA) is 105 Å². The van der Waals surface area contributed by atoms with Gasteiger partial charge in [-0.05, 0) is 41.0 Å². The molecule has 4 rings (SSSR count). The Balaban J connectivity index is 1.32. The second-order valence-electron chi connectivity index (χ2n) is 8.96. The number of rotatable bonds is 6. The number of urea groups is 1. The molecule has 0 bridgehead atoms. The highest BCUT2D eigenvalue weighted by atomic mass is 35.5. The van der Waals surface area contributed by atoms with E-state index in [1.165, 1.54) is 11.1 Å². The molecule has 1 saturated heterocycles. The van der Waals surface area contributed by atoms with Crippen LogP contribution in [0.5, 0.6) is 0 Å². The van der Waals surface area contributed by atoms with Crippen molar-refractivity contribution in [2.24, 2.45) is 11.5 Å². The van der Waals surface area contributed by atoms with E-state index in [9.17, 15) is 9.59 Å². The molecule has 1 aliphatic heterocycles. The van der Waals surface area contributed by atoms with Gasteiger partial charge in [-0.25, -0.2) is 9.59 Å². The molecule has 0 aliphatic carbocycles. The summed E-state index contributed by atoms with van der Waals surface area (Å²) in [6.45, 7) is 4.38. The second-order valence-corrected chi connectivity index (χ2v) is 9.40. The van der Waals surface area contributed by atoms with E-state index in [2.05, 4.69) is 62.9 Å². The summed E-state index contributed by atoms with van der Waals surface area (Å²) in [4.78, 5) is 31.8. The van der Waals surface area contributed by atoms with Gasteiger partial charge in [0.25, 0.3) is 0 Å². The summed E-state index contributed by atoms with van der Waals surface area (Å²) in [5, 5.41) is 1.45. The summed E-state index contributed by atoms with van der Waals surface area (Å²) in [5.41, 5.74) is 14.2. The van der Waals surface area contributed by atoms with E-state index in [4.69, 9.17) is 23.1 Å².